The molecule has 0 bridgehead atoms. The van der Waals surface area contributed by atoms with Gasteiger partial charge in [-0.25, -0.2) is 0 Å². The van der Waals surface area contributed by atoms with E-state index in [0.717, 1.165) is 5.56 Å². The number of nitrogens with zero attached hydrogens (tertiary/aromatic N) is 1. The van der Waals surface area contributed by atoms with Gasteiger partial charge in [-0.3, -0.25) is 4.79 Å². The van der Waals surface area contributed by atoms with Crippen LogP contribution in [0.1, 0.15) is 23.6 Å². The van der Waals surface area contributed by atoms with Crippen molar-refractivity contribution in [3.8, 4) is 0 Å². The predicted octanol–water partition coefficient (Wildman–Crippen LogP) is 1.42. The molecule has 0 spiro atoms. The summed E-state index contributed by atoms with van der Waals surface area (Å²) in [7, 11) is 0. The quantitative estimate of drug-likeness (QED) is 0.908. The molecule has 4 nitrogen and oxygen atoms in total. The molecule has 4 heteroatoms. The third-order valence-electron chi connectivity index (χ3n) is 3.79. The number of hydrogen-bond acceptors (Lipinski definition) is 3. The van der Waals surface area contributed by atoms with E-state index in [1.165, 1.54) is 11.1 Å². The van der Waals surface area contributed by atoms with E-state index < -0.39 is 0 Å². The van der Waals surface area contributed by atoms with Crippen LogP contribution in [0.5, 0.6) is 0 Å². The van der Waals surface area contributed by atoms with Crippen molar-refractivity contribution in [2.75, 3.05) is 19.6 Å². The van der Waals surface area contributed by atoms with Gasteiger partial charge in [-0.15, -0.1) is 0 Å². The minimum atomic E-state index is -0.0405. The second-order valence-electron chi connectivity index (χ2n) is 5.71. The number of carbonyl (C=O) groups is 1. The van der Waals surface area contributed by atoms with E-state index in [2.05, 4.69) is 25.1 Å². The van der Waals surface area contributed by atoms with E-state index >= 15 is 0 Å². The molecule has 0 aliphatic carbocycles. The monoisotopic (exact) mass is 276 g/mol. The Kier molecular flexibility index (Phi) is 4.78. The van der Waals surface area contributed by atoms with Crippen molar-refractivity contribution in [2.45, 2.75) is 39.4 Å². The van der Waals surface area contributed by atoms with Gasteiger partial charge in [0.2, 0.25) is 5.91 Å². The Hall–Kier alpha value is -1.39. The summed E-state index contributed by atoms with van der Waals surface area (Å²) in [5.41, 5.74) is 9.13. The van der Waals surface area contributed by atoms with Crippen LogP contribution in [0.25, 0.3) is 0 Å². The van der Waals surface area contributed by atoms with Crippen LogP contribution in [0.2, 0.25) is 0 Å². The lowest BCUT2D eigenvalue weighted by atomic mass is 10.0. The molecule has 1 aromatic carbocycles. The van der Waals surface area contributed by atoms with Crippen molar-refractivity contribution in [2.24, 2.45) is 5.73 Å². The number of benzene rings is 1. The van der Waals surface area contributed by atoms with E-state index in [4.69, 9.17) is 10.5 Å². The molecule has 2 atom stereocenters. The zero-order valence-electron chi connectivity index (χ0n) is 12.6. The molecular formula is C16H24N2O2. The van der Waals surface area contributed by atoms with Gasteiger partial charge in [0.05, 0.1) is 18.6 Å². The second kappa shape index (κ2) is 6.37. The first kappa shape index (κ1) is 15.0. The number of amides is 1. The van der Waals surface area contributed by atoms with Gasteiger partial charge in [-0.1, -0.05) is 23.8 Å². The number of aryl methyl sites for hydroxylation is 2. The minimum absolute atomic E-state index is 0.0405. The first-order valence-corrected chi connectivity index (χ1v) is 7.19. The summed E-state index contributed by atoms with van der Waals surface area (Å²) >= 11 is 0. The summed E-state index contributed by atoms with van der Waals surface area (Å²) in [4.78, 5) is 14.4. The van der Waals surface area contributed by atoms with Gasteiger partial charge in [-0.05, 0) is 31.9 Å². The van der Waals surface area contributed by atoms with Crippen LogP contribution in [0.4, 0.5) is 0 Å². The molecule has 2 unspecified atom stereocenters. The van der Waals surface area contributed by atoms with Crippen LogP contribution in [0.15, 0.2) is 18.2 Å². The Bertz CT molecular complexity index is 487. The highest BCUT2D eigenvalue weighted by molar-refractivity contribution is 5.79. The Balaban J connectivity index is 2.05. The fourth-order valence-electron chi connectivity index (χ4n) is 2.64. The summed E-state index contributed by atoms with van der Waals surface area (Å²) in [6.07, 6.45) is 0.471. The van der Waals surface area contributed by atoms with Crippen molar-refractivity contribution in [3.05, 3.63) is 34.9 Å². The Morgan fingerprint density at radius 2 is 2.15 bits per heavy atom. The molecule has 1 aromatic rings. The molecule has 20 heavy (non-hydrogen) atoms. The molecule has 1 aliphatic rings. The van der Waals surface area contributed by atoms with E-state index in [1.54, 1.807) is 0 Å². The van der Waals surface area contributed by atoms with Gasteiger partial charge < -0.3 is 15.4 Å². The maximum atomic E-state index is 12.5. The molecule has 1 saturated heterocycles. The first-order valence-electron chi connectivity index (χ1n) is 7.19. The van der Waals surface area contributed by atoms with E-state index in [-0.39, 0.29) is 18.1 Å². The highest BCUT2D eigenvalue weighted by Crippen LogP contribution is 2.15. The molecule has 1 aliphatic heterocycles. The number of rotatable bonds is 3. The molecule has 0 aromatic heterocycles. The Labute approximate surface area is 120 Å². The second-order valence-corrected chi connectivity index (χ2v) is 5.71. The summed E-state index contributed by atoms with van der Waals surface area (Å²) < 4.78 is 5.69. The fourth-order valence-corrected chi connectivity index (χ4v) is 2.64. The SMILES string of the molecule is Cc1ccc(C)c(CC(=O)N2CC(C)OC(CN)C2)c1. The lowest BCUT2D eigenvalue weighted by Crippen LogP contribution is -2.51. The summed E-state index contributed by atoms with van der Waals surface area (Å²) in [6, 6.07) is 6.24. The van der Waals surface area contributed by atoms with Crippen molar-refractivity contribution in [1.82, 2.24) is 4.90 Å². The number of carbonyl (C=O) groups excluding carboxylic acids is 1. The van der Waals surface area contributed by atoms with Crippen molar-refractivity contribution in [3.63, 3.8) is 0 Å². The lowest BCUT2D eigenvalue weighted by Gasteiger charge is -2.36. The molecule has 1 fully saturated rings. The Morgan fingerprint density at radius 3 is 2.85 bits per heavy atom. The van der Waals surface area contributed by atoms with Crippen LogP contribution >= 0.6 is 0 Å². The number of morpholine rings is 1. The lowest BCUT2D eigenvalue weighted by molar-refractivity contribution is -0.142. The largest absolute Gasteiger partial charge is 0.370 e. The average Bonchev–Trinajstić information content (AvgIpc) is 2.42. The summed E-state index contributed by atoms with van der Waals surface area (Å²) in [6.45, 7) is 7.80. The third-order valence-corrected chi connectivity index (χ3v) is 3.79. The normalized spacial score (nSPS) is 22.9. The molecule has 2 N–H and O–H groups in total. The number of nitrogens with two attached hydrogens (primary N) is 1. The van der Waals surface area contributed by atoms with Crippen molar-refractivity contribution < 1.29 is 9.53 Å². The number of ether oxygens (including phenoxy) is 1. The van der Waals surface area contributed by atoms with Gasteiger partial charge in [0.25, 0.3) is 0 Å². The molecule has 0 radical (unpaired) electrons. The molecule has 2 rings (SSSR count). The maximum Gasteiger partial charge on any atom is 0.227 e. The molecule has 110 valence electrons. The van der Waals surface area contributed by atoms with Crippen LogP contribution in [0.3, 0.4) is 0 Å². The average molecular weight is 276 g/mol. The molecule has 1 heterocycles. The molecule has 0 saturated carbocycles. The zero-order chi connectivity index (χ0) is 14.7. The van der Waals surface area contributed by atoms with Gasteiger partial charge in [0, 0.05) is 19.6 Å². The summed E-state index contributed by atoms with van der Waals surface area (Å²) in [5.74, 6) is 0.160. The topological polar surface area (TPSA) is 55.6 Å². The zero-order valence-corrected chi connectivity index (χ0v) is 12.6. The van der Waals surface area contributed by atoms with Gasteiger partial charge in [0.15, 0.2) is 0 Å². The van der Waals surface area contributed by atoms with Gasteiger partial charge >= 0.3 is 0 Å². The summed E-state index contributed by atoms with van der Waals surface area (Å²) in [5, 5.41) is 0. The highest BCUT2D eigenvalue weighted by Gasteiger charge is 2.27. The number of hydrogen-bond donors (Lipinski definition) is 1. The Morgan fingerprint density at radius 1 is 1.40 bits per heavy atom. The molecule has 1 amide bonds. The van der Waals surface area contributed by atoms with Crippen molar-refractivity contribution in [1.29, 1.82) is 0 Å². The fraction of sp³-hybridized carbons (Fsp3) is 0.562. The maximum absolute atomic E-state index is 12.5. The first-order chi connectivity index (χ1) is 9.49. The van der Waals surface area contributed by atoms with Crippen LogP contribution < -0.4 is 5.73 Å². The van der Waals surface area contributed by atoms with Gasteiger partial charge in [0.1, 0.15) is 0 Å². The predicted molar refractivity (Wildman–Crippen MR) is 79.6 cm³/mol. The molecular weight excluding hydrogens is 252 g/mol. The van der Waals surface area contributed by atoms with E-state index in [0.29, 0.717) is 26.1 Å². The minimum Gasteiger partial charge on any atom is -0.370 e. The van der Waals surface area contributed by atoms with Crippen LogP contribution in [0, 0.1) is 13.8 Å². The van der Waals surface area contributed by atoms with E-state index in [9.17, 15) is 4.79 Å². The third kappa shape index (κ3) is 3.58. The van der Waals surface area contributed by atoms with Gasteiger partial charge in [-0.2, -0.15) is 0 Å². The van der Waals surface area contributed by atoms with Crippen LogP contribution in [-0.4, -0.2) is 42.6 Å². The van der Waals surface area contributed by atoms with Crippen LogP contribution in [-0.2, 0) is 16.0 Å². The standard InChI is InChI=1S/C16H24N2O2/c1-11-4-5-12(2)14(6-11)7-16(19)18-9-13(3)20-15(8-17)10-18/h4-6,13,15H,7-10,17H2,1-3H3. The smallest absolute Gasteiger partial charge is 0.227 e. The van der Waals surface area contributed by atoms with Crippen molar-refractivity contribution >= 4 is 5.91 Å². The highest BCUT2D eigenvalue weighted by atomic mass is 16.5. The van der Waals surface area contributed by atoms with E-state index in [1.807, 2.05) is 18.7 Å².